The van der Waals surface area contributed by atoms with Crippen molar-refractivity contribution in [2.75, 3.05) is 20.2 Å². The molecule has 1 amide bonds. The zero-order valence-electron chi connectivity index (χ0n) is 11.9. The predicted octanol–water partition coefficient (Wildman–Crippen LogP) is 0.359. The number of hydrogen-bond donors (Lipinski definition) is 1. The molecule has 0 heterocycles. The molecular weight excluding hydrogens is 296 g/mol. The molecule has 0 spiro atoms. The van der Waals surface area contributed by atoms with E-state index in [1.807, 2.05) is 0 Å². The van der Waals surface area contributed by atoms with E-state index in [1.165, 1.54) is 35.7 Å². The van der Waals surface area contributed by atoms with E-state index in [4.69, 9.17) is 5.73 Å². The number of sulfonamides is 1. The Morgan fingerprint density at radius 3 is 2.24 bits per heavy atom. The van der Waals surface area contributed by atoms with E-state index in [2.05, 4.69) is 4.74 Å². The minimum atomic E-state index is -3.72. The molecule has 0 aliphatic heterocycles. The first kappa shape index (κ1) is 17.1. The van der Waals surface area contributed by atoms with Crippen LogP contribution in [0.15, 0.2) is 29.2 Å². The fourth-order valence-electron chi connectivity index (χ4n) is 1.71. The molecule has 0 atom stereocenters. The monoisotopic (exact) mass is 314 g/mol. The van der Waals surface area contributed by atoms with Crippen molar-refractivity contribution in [3.05, 3.63) is 29.8 Å². The summed E-state index contributed by atoms with van der Waals surface area (Å²) in [7, 11) is -2.48. The van der Waals surface area contributed by atoms with Crippen LogP contribution in [0.5, 0.6) is 0 Å². The molecule has 1 rings (SSSR count). The fourth-order valence-corrected chi connectivity index (χ4v) is 3.16. The third kappa shape index (κ3) is 4.27. The van der Waals surface area contributed by atoms with Crippen molar-refractivity contribution in [3.8, 4) is 0 Å². The van der Waals surface area contributed by atoms with E-state index in [0.717, 1.165) is 0 Å². The smallest absolute Gasteiger partial charge is 0.306 e. The van der Waals surface area contributed by atoms with E-state index in [1.54, 1.807) is 6.92 Å². The molecule has 116 valence electrons. The Morgan fingerprint density at radius 1 is 1.24 bits per heavy atom. The van der Waals surface area contributed by atoms with Crippen LogP contribution in [-0.4, -0.2) is 44.8 Å². The van der Waals surface area contributed by atoms with Gasteiger partial charge in [0.1, 0.15) is 0 Å². The molecule has 2 N–H and O–H groups in total. The number of carbonyl (C=O) groups is 2. The Balaban J connectivity index is 2.95. The van der Waals surface area contributed by atoms with Crippen molar-refractivity contribution in [2.24, 2.45) is 5.73 Å². The van der Waals surface area contributed by atoms with Gasteiger partial charge in [-0.3, -0.25) is 9.59 Å². The summed E-state index contributed by atoms with van der Waals surface area (Å²) < 4.78 is 30.5. The molecule has 8 heteroatoms. The molecule has 0 aliphatic rings. The first-order chi connectivity index (χ1) is 9.82. The molecule has 0 radical (unpaired) electrons. The number of hydrogen-bond acceptors (Lipinski definition) is 5. The first-order valence-corrected chi connectivity index (χ1v) is 7.73. The van der Waals surface area contributed by atoms with Crippen molar-refractivity contribution in [3.63, 3.8) is 0 Å². The molecule has 0 aliphatic carbocycles. The predicted molar refractivity (Wildman–Crippen MR) is 76.0 cm³/mol. The Morgan fingerprint density at radius 2 is 1.81 bits per heavy atom. The van der Waals surface area contributed by atoms with Gasteiger partial charge in [0.2, 0.25) is 15.9 Å². The SMILES string of the molecule is CCN(CCC(=O)OC)S(=O)(=O)c1ccc(C(N)=O)cc1. The molecule has 21 heavy (non-hydrogen) atoms. The largest absolute Gasteiger partial charge is 0.469 e. The van der Waals surface area contributed by atoms with Crippen LogP contribution in [0, 0.1) is 0 Å². The molecule has 0 fully saturated rings. The van der Waals surface area contributed by atoms with Gasteiger partial charge in [0.25, 0.3) is 0 Å². The lowest BCUT2D eigenvalue weighted by Gasteiger charge is -2.20. The molecule has 0 bridgehead atoms. The van der Waals surface area contributed by atoms with Gasteiger partial charge in [0, 0.05) is 18.7 Å². The zero-order chi connectivity index (χ0) is 16.0. The van der Waals surface area contributed by atoms with E-state index >= 15 is 0 Å². The quantitative estimate of drug-likeness (QED) is 0.731. The Labute approximate surface area is 123 Å². The number of nitrogens with two attached hydrogens (primary N) is 1. The normalized spacial score (nSPS) is 11.4. The zero-order valence-corrected chi connectivity index (χ0v) is 12.7. The van der Waals surface area contributed by atoms with E-state index in [-0.39, 0.29) is 30.0 Å². The molecule has 1 aromatic rings. The third-order valence-corrected chi connectivity index (χ3v) is 4.91. The lowest BCUT2D eigenvalue weighted by atomic mass is 10.2. The van der Waals surface area contributed by atoms with Gasteiger partial charge in [-0.25, -0.2) is 8.42 Å². The van der Waals surface area contributed by atoms with Crippen molar-refractivity contribution in [2.45, 2.75) is 18.2 Å². The first-order valence-electron chi connectivity index (χ1n) is 6.29. The molecule has 0 saturated heterocycles. The van der Waals surface area contributed by atoms with Gasteiger partial charge >= 0.3 is 5.97 Å². The molecule has 1 aromatic carbocycles. The van der Waals surface area contributed by atoms with Gasteiger partial charge in [0.05, 0.1) is 18.4 Å². The standard InChI is InChI=1S/C13H18N2O5S/c1-3-15(9-8-12(16)20-2)21(18,19)11-6-4-10(5-7-11)13(14)17/h4-7H,3,8-9H2,1-2H3,(H2,14,17). The number of amides is 1. The molecule has 0 saturated carbocycles. The number of ether oxygens (including phenoxy) is 1. The van der Waals surface area contributed by atoms with Crippen molar-refractivity contribution >= 4 is 21.9 Å². The van der Waals surface area contributed by atoms with Crippen LogP contribution in [0.1, 0.15) is 23.7 Å². The van der Waals surface area contributed by atoms with Crippen LogP contribution < -0.4 is 5.73 Å². The summed E-state index contributed by atoms with van der Waals surface area (Å²) in [4.78, 5) is 22.1. The second-order valence-corrected chi connectivity index (χ2v) is 6.15. The average Bonchev–Trinajstić information content (AvgIpc) is 2.47. The van der Waals surface area contributed by atoms with Crippen LogP contribution >= 0.6 is 0 Å². The number of rotatable bonds is 7. The van der Waals surface area contributed by atoms with Crippen molar-refractivity contribution in [1.29, 1.82) is 0 Å². The van der Waals surface area contributed by atoms with Gasteiger partial charge in [0.15, 0.2) is 0 Å². The molecule has 7 nitrogen and oxygen atoms in total. The number of carbonyl (C=O) groups excluding carboxylic acids is 2. The van der Waals surface area contributed by atoms with Gasteiger partial charge in [-0.05, 0) is 24.3 Å². The number of methoxy groups -OCH3 is 1. The molecule has 0 aromatic heterocycles. The van der Waals surface area contributed by atoms with E-state index < -0.39 is 21.9 Å². The summed E-state index contributed by atoms with van der Waals surface area (Å²) in [5, 5.41) is 0. The highest BCUT2D eigenvalue weighted by Gasteiger charge is 2.23. The Hall–Kier alpha value is -1.93. The molecule has 0 unspecified atom stereocenters. The second kappa shape index (κ2) is 7.19. The summed E-state index contributed by atoms with van der Waals surface area (Å²) in [6.07, 6.45) is -0.0249. The highest BCUT2D eigenvalue weighted by molar-refractivity contribution is 7.89. The fraction of sp³-hybridized carbons (Fsp3) is 0.385. The van der Waals surface area contributed by atoms with Gasteiger partial charge < -0.3 is 10.5 Å². The van der Waals surface area contributed by atoms with Crippen LogP contribution in [0.3, 0.4) is 0 Å². The average molecular weight is 314 g/mol. The number of primary amides is 1. The van der Waals surface area contributed by atoms with Crippen LogP contribution in [-0.2, 0) is 19.6 Å². The summed E-state index contributed by atoms with van der Waals surface area (Å²) in [6, 6.07) is 5.33. The number of benzene rings is 1. The van der Waals surface area contributed by atoms with E-state index in [0.29, 0.717) is 0 Å². The Bertz CT molecular complexity index is 610. The minimum Gasteiger partial charge on any atom is -0.469 e. The third-order valence-electron chi connectivity index (χ3n) is 2.92. The summed E-state index contributed by atoms with van der Waals surface area (Å²) >= 11 is 0. The summed E-state index contributed by atoms with van der Waals surface area (Å²) in [6.45, 7) is 1.92. The molecular formula is C13H18N2O5S. The maximum Gasteiger partial charge on any atom is 0.306 e. The maximum atomic E-state index is 12.4. The maximum absolute atomic E-state index is 12.4. The lowest BCUT2D eigenvalue weighted by Crippen LogP contribution is -2.33. The van der Waals surface area contributed by atoms with Crippen LogP contribution in [0.4, 0.5) is 0 Å². The van der Waals surface area contributed by atoms with Gasteiger partial charge in [-0.2, -0.15) is 4.31 Å². The van der Waals surface area contributed by atoms with Crippen LogP contribution in [0.25, 0.3) is 0 Å². The van der Waals surface area contributed by atoms with Crippen molar-refractivity contribution in [1.82, 2.24) is 4.31 Å². The number of nitrogens with zero attached hydrogens (tertiary/aromatic N) is 1. The van der Waals surface area contributed by atoms with Gasteiger partial charge in [-0.15, -0.1) is 0 Å². The van der Waals surface area contributed by atoms with Crippen LogP contribution in [0.2, 0.25) is 0 Å². The minimum absolute atomic E-state index is 0.0249. The highest BCUT2D eigenvalue weighted by atomic mass is 32.2. The highest BCUT2D eigenvalue weighted by Crippen LogP contribution is 2.16. The van der Waals surface area contributed by atoms with Crippen molar-refractivity contribution < 1.29 is 22.7 Å². The second-order valence-electron chi connectivity index (χ2n) is 4.21. The Kier molecular flexibility index (Phi) is 5.86. The van der Waals surface area contributed by atoms with E-state index in [9.17, 15) is 18.0 Å². The topological polar surface area (TPSA) is 107 Å². The number of esters is 1. The summed E-state index contributed by atoms with van der Waals surface area (Å²) in [5.41, 5.74) is 5.33. The lowest BCUT2D eigenvalue weighted by molar-refractivity contribution is -0.140. The summed E-state index contributed by atoms with van der Waals surface area (Å²) in [5.74, 6) is -1.11. The van der Waals surface area contributed by atoms with Gasteiger partial charge in [-0.1, -0.05) is 6.92 Å².